The Hall–Kier alpha value is -0.0400. The Morgan fingerprint density at radius 2 is 1.56 bits per heavy atom. The maximum atomic E-state index is 10.5. The number of aliphatic hydroxyl groups is 1. The van der Waals surface area contributed by atoms with Gasteiger partial charge in [0.15, 0.2) is 0 Å². The van der Waals surface area contributed by atoms with Crippen LogP contribution in [0.25, 0.3) is 0 Å². The Morgan fingerprint density at radius 3 is 2.00 bits per heavy atom. The van der Waals surface area contributed by atoms with Crippen LogP contribution in [-0.4, -0.2) is 34.5 Å². The summed E-state index contributed by atoms with van der Waals surface area (Å²) in [7, 11) is -4.40. The predicted molar refractivity (Wildman–Crippen MR) is 63.8 cm³/mol. The summed E-state index contributed by atoms with van der Waals surface area (Å²) < 4.78 is 29.4. The zero-order valence-corrected chi connectivity index (χ0v) is 11.9. The second-order valence-electron chi connectivity index (χ2n) is 3.64. The van der Waals surface area contributed by atoms with Crippen LogP contribution in [0.15, 0.2) is 0 Å². The molecule has 0 aromatic heterocycles. The van der Waals surface area contributed by atoms with Gasteiger partial charge in [-0.15, -0.1) is 9.79 Å². The molecule has 0 heterocycles. The first-order valence-electron chi connectivity index (χ1n) is 5.47. The number of hydrogen-bond donors (Lipinski definition) is 4. The monoisotopic (exact) mass is 303 g/mol. The van der Waals surface area contributed by atoms with E-state index < -0.39 is 22.5 Å². The molecule has 10 heteroatoms. The smallest absolute Gasteiger partial charge is 0.337 e. The summed E-state index contributed by atoms with van der Waals surface area (Å²) in [5.74, 6) is -2.49. The van der Waals surface area contributed by atoms with Gasteiger partial charge in [0.1, 0.15) is 0 Å². The summed E-state index contributed by atoms with van der Waals surface area (Å²) in [6.45, 7) is 0.877. The minimum Gasteiger partial charge on any atom is -0.337 e. The van der Waals surface area contributed by atoms with E-state index in [2.05, 4.69) is 14.4 Å². The van der Waals surface area contributed by atoms with Crippen LogP contribution in [0.3, 0.4) is 0 Å². The molecule has 0 aromatic rings. The lowest BCUT2D eigenvalue weighted by Crippen LogP contribution is -2.31. The van der Waals surface area contributed by atoms with Gasteiger partial charge in [-0.2, -0.15) is 0 Å². The minimum absolute atomic E-state index is 0.157. The average Bonchev–Trinajstić information content (AvgIpc) is 2.20. The molecule has 0 rings (SSSR count). The molecule has 0 bridgehead atoms. The van der Waals surface area contributed by atoms with Crippen LogP contribution in [0, 0.1) is 0 Å². The Bertz CT molecular complexity index is 260. The van der Waals surface area contributed by atoms with E-state index in [4.69, 9.17) is 9.79 Å². The zero-order valence-electron chi connectivity index (χ0n) is 10.1. The Kier molecular flexibility index (Phi) is 9.81. The maximum Gasteiger partial charge on any atom is 0.700 e. The fourth-order valence-corrected chi connectivity index (χ4v) is 2.16. The Morgan fingerprint density at radius 1 is 1.06 bits per heavy atom. The molecule has 0 aromatic carbocycles. The van der Waals surface area contributed by atoms with Gasteiger partial charge in [0.2, 0.25) is 0 Å². The minimum atomic E-state index is -3.12. The standard InChI is InChI=1S/C8H17NO7P2/c1-9-7-5-3-2-4-6-8(10,15-17(11)12)16-18(13)14/h9-10H,2-7H2,1H3/p+2. The van der Waals surface area contributed by atoms with Gasteiger partial charge in [-0.05, 0) is 35.5 Å². The molecule has 0 radical (unpaired) electrons. The number of nitrogens with one attached hydrogen (secondary N) is 1. The van der Waals surface area contributed by atoms with Crippen LogP contribution in [0.5, 0.6) is 0 Å². The molecule has 0 amide bonds. The summed E-state index contributed by atoms with van der Waals surface area (Å²) >= 11 is 0. The Balaban J connectivity index is 4.01. The summed E-state index contributed by atoms with van der Waals surface area (Å²) in [6, 6.07) is 0. The molecule has 0 fully saturated rings. The highest BCUT2D eigenvalue weighted by Crippen LogP contribution is 2.35. The fraction of sp³-hybridized carbons (Fsp3) is 1.00. The van der Waals surface area contributed by atoms with Gasteiger partial charge in [0, 0.05) is 15.6 Å². The average molecular weight is 303 g/mol. The number of unbranched alkanes of at least 4 members (excludes halogenated alkanes) is 3. The number of hydrogen-bond acceptors (Lipinski definition) is 6. The second kappa shape index (κ2) is 9.83. The molecular formula is C8H19NO7P2+2. The van der Waals surface area contributed by atoms with Crippen LogP contribution in [-0.2, 0) is 18.2 Å². The molecule has 0 saturated heterocycles. The molecule has 0 aliphatic carbocycles. The van der Waals surface area contributed by atoms with Crippen molar-refractivity contribution in [1.82, 2.24) is 5.32 Å². The fourth-order valence-electron chi connectivity index (χ4n) is 1.36. The van der Waals surface area contributed by atoms with E-state index in [0.29, 0.717) is 6.42 Å². The van der Waals surface area contributed by atoms with Gasteiger partial charge in [-0.1, -0.05) is 12.8 Å². The first-order valence-corrected chi connectivity index (χ1v) is 7.73. The lowest BCUT2D eigenvalue weighted by Gasteiger charge is -2.13. The van der Waals surface area contributed by atoms with Crippen LogP contribution in [0.1, 0.15) is 32.1 Å². The van der Waals surface area contributed by atoms with Gasteiger partial charge >= 0.3 is 22.5 Å². The van der Waals surface area contributed by atoms with Gasteiger partial charge in [-0.3, -0.25) is 0 Å². The predicted octanol–water partition coefficient (Wildman–Crippen LogP) is 1.13. The molecule has 0 aliphatic rings. The molecule has 18 heavy (non-hydrogen) atoms. The maximum absolute atomic E-state index is 10.5. The van der Waals surface area contributed by atoms with E-state index in [1.54, 1.807) is 0 Å². The number of rotatable bonds is 11. The summed E-state index contributed by atoms with van der Waals surface area (Å²) in [5, 5.41) is 12.6. The van der Waals surface area contributed by atoms with E-state index in [1.807, 2.05) is 7.05 Å². The lowest BCUT2D eigenvalue weighted by molar-refractivity contribution is -0.277. The van der Waals surface area contributed by atoms with Crippen molar-refractivity contribution in [2.45, 2.75) is 38.1 Å². The van der Waals surface area contributed by atoms with Gasteiger partial charge in [0.25, 0.3) is 0 Å². The van der Waals surface area contributed by atoms with Crippen molar-refractivity contribution in [2.75, 3.05) is 13.6 Å². The van der Waals surface area contributed by atoms with Crippen molar-refractivity contribution in [2.24, 2.45) is 0 Å². The molecule has 2 unspecified atom stereocenters. The molecule has 106 valence electrons. The highest BCUT2D eigenvalue weighted by Gasteiger charge is 2.47. The van der Waals surface area contributed by atoms with Crippen molar-refractivity contribution in [3.05, 3.63) is 0 Å². The third kappa shape index (κ3) is 9.94. The summed E-state index contributed by atoms with van der Waals surface area (Å²) in [6.07, 6.45) is 2.87. The van der Waals surface area contributed by atoms with Crippen LogP contribution < -0.4 is 5.32 Å². The lowest BCUT2D eigenvalue weighted by atomic mass is 10.1. The van der Waals surface area contributed by atoms with E-state index in [0.717, 1.165) is 25.8 Å². The van der Waals surface area contributed by atoms with E-state index in [-0.39, 0.29) is 6.42 Å². The highest BCUT2D eigenvalue weighted by molar-refractivity contribution is 7.33. The zero-order chi connectivity index (χ0) is 14.0. The Labute approximate surface area is 107 Å². The van der Waals surface area contributed by atoms with Crippen LogP contribution >= 0.6 is 16.5 Å². The van der Waals surface area contributed by atoms with Crippen molar-refractivity contribution < 1.29 is 33.1 Å². The molecule has 8 nitrogen and oxygen atoms in total. The van der Waals surface area contributed by atoms with E-state index in [1.165, 1.54) is 0 Å². The van der Waals surface area contributed by atoms with Crippen molar-refractivity contribution in [3.8, 4) is 0 Å². The molecule has 4 N–H and O–H groups in total. The first kappa shape index (κ1) is 18.0. The summed E-state index contributed by atoms with van der Waals surface area (Å²) in [4.78, 5) is 17.1. The van der Waals surface area contributed by atoms with Crippen molar-refractivity contribution in [1.29, 1.82) is 0 Å². The molecule has 0 saturated carbocycles. The molecule has 2 atom stereocenters. The van der Waals surface area contributed by atoms with Crippen molar-refractivity contribution >= 4 is 16.5 Å². The third-order valence-electron chi connectivity index (χ3n) is 2.11. The normalized spacial score (nSPS) is 16.2. The largest absolute Gasteiger partial charge is 0.700 e. The SMILES string of the molecule is CNCCCCCCC(O)(O[P+](=O)O)O[P+](=O)O. The van der Waals surface area contributed by atoms with Gasteiger partial charge in [-0.25, -0.2) is 0 Å². The topological polar surface area (TPSA) is 125 Å². The molecular weight excluding hydrogens is 284 g/mol. The van der Waals surface area contributed by atoms with Crippen LogP contribution in [0.2, 0.25) is 0 Å². The third-order valence-corrected chi connectivity index (χ3v) is 2.99. The molecule has 0 aliphatic heterocycles. The van der Waals surface area contributed by atoms with Crippen LogP contribution in [0.4, 0.5) is 0 Å². The first-order chi connectivity index (χ1) is 8.39. The summed E-state index contributed by atoms with van der Waals surface area (Å²) in [5.41, 5.74) is 0. The van der Waals surface area contributed by atoms with Gasteiger partial charge in [0.05, 0.1) is 0 Å². The highest BCUT2D eigenvalue weighted by atomic mass is 31.1. The van der Waals surface area contributed by atoms with Crippen molar-refractivity contribution in [3.63, 3.8) is 0 Å². The quantitative estimate of drug-likeness (QED) is 0.254. The van der Waals surface area contributed by atoms with Gasteiger partial charge < -0.3 is 10.4 Å². The van der Waals surface area contributed by atoms with E-state index in [9.17, 15) is 14.2 Å². The van der Waals surface area contributed by atoms with E-state index >= 15 is 0 Å². The second-order valence-corrected chi connectivity index (χ2v) is 4.96. The molecule has 0 spiro atoms.